The van der Waals surface area contributed by atoms with Gasteiger partial charge in [0.2, 0.25) is 5.91 Å². The van der Waals surface area contributed by atoms with E-state index in [2.05, 4.69) is 25.6 Å². The largest absolute Gasteiger partial charge is 0.365 e. The van der Waals surface area contributed by atoms with Crippen LogP contribution in [0.15, 0.2) is 29.0 Å². The molecular weight excluding hydrogens is 344 g/mol. The van der Waals surface area contributed by atoms with Crippen molar-refractivity contribution < 1.29 is 9.32 Å². The Balaban J connectivity index is 1.28. The van der Waals surface area contributed by atoms with Crippen LogP contribution in [0.4, 0.5) is 5.82 Å². The topological polar surface area (TPSA) is 108 Å². The number of piperidine rings is 1. The molecule has 2 aromatic heterocycles. The molecule has 3 heterocycles. The number of aryl methyl sites for hydroxylation is 1. The molecule has 2 fully saturated rings. The van der Waals surface area contributed by atoms with Crippen LogP contribution in [-0.4, -0.2) is 39.9 Å². The van der Waals surface area contributed by atoms with Crippen molar-refractivity contribution in [3.8, 4) is 6.07 Å². The van der Waals surface area contributed by atoms with Gasteiger partial charge in [0, 0.05) is 37.5 Å². The summed E-state index contributed by atoms with van der Waals surface area (Å²) in [4.78, 5) is 14.6. The summed E-state index contributed by atoms with van der Waals surface area (Å²) < 4.78 is 4.80. The van der Waals surface area contributed by atoms with E-state index in [1.54, 1.807) is 12.1 Å². The molecule has 0 bridgehead atoms. The average molecular weight is 366 g/mol. The van der Waals surface area contributed by atoms with Gasteiger partial charge in [-0.2, -0.15) is 5.26 Å². The molecule has 0 unspecified atom stereocenters. The molecule has 8 heteroatoms. The van der Waals surface area contributed by atoms with Crippen molar-refractivity contribution >= 4 is 11.7 Å². The summed E-state index contributed by atoms with van der Waals surface area (Å²) in [7, 11) is 0. The van der Waals surface area contributed by atoms with Gasteiger partial charge in [-0.3, -0.25) is 4.79 Å². The number of nitriles is 1. The van der Waals surface area contributed by atoms with Crippen molar-refractivity contribution in [2.24, 2.45) is 5.92 Å². The number of hydrogen-bond acceptors (Lipinski definition) is 7. The lowest BCUT2D eigenvalue weighted by atomic mass is 9.87. The maximum atomic E-state index is 12.4. The molecule has 1 amide bonds. The van der Waals surface area contributed by atoms with Crippen LogP contribution in [-0.2, 0) is 11.2 Å². The highest BCUT2D eigenvalue weighted by Gasteiger charge is 2.50. The summed E-state index contributed by atoms with van der Waals surface area (Å²) >= 11 is 0. The molecule has 4 rings (SSSR count). The predicted octanol–water partition coefficient (Wildman–Crippen LogP) is 1.83. The summed E-state index contributed by atoms with van der Waals surface area (Å²) in [5.41, 5.74) is 1.12. The van der Waals surface area contributed by atoms with Gasteiger partial charge in [-0.25, -0.2) is 0 Å². The molecule has 1 aliphatic heterocycles. The zero-order valence-corrected chi connectivity index (χ0v) is 15.1. The third-order valence-electron chi connectivity index (χ3n) is 5.64. The zero-order chi connectivity index (χ0) is 18.7. The first-order valence-corrected chi connectivity index (χ1v) is 9.37. The second kappa shape index (κ2) is 7.35. The van der Waals surface area contributed by atoms with E-state index in [0.717, 1.165) is 50.3 Å². The van der Waals surface area contributed by atoms with Crippen LogP contribution >= 0.6 is 0 Å². The molecule has 27 heavy (non-hydrogen) atoms. The molecule has 1 saturated carbocycles. The number of aromatic nitrogens is 3. The quantitative estimate of drug-likeness (QED) is 0.831. The van der Waals surface area contributed by atoms with Crippen LogP contribution < -0.4 is 10.2 Å². The number of anilines is 1. The lowest BCUT2D eigenvalue weighted by Crippen LogP contribution is -2.47. The van der Waals surface area contributed by atoms with Crippen molar-refractivity contribution in [2.45, 2.75) is 44.1 Å². The smallest absolute Gasteiger partial charge is 0.220 e. The molecule has 140 valence electrons. The van der Waals surface area contributed by atoms with E-state index in [4.69, 9.17) is 9.78 Å². The summed E-state index contributed by atoms with van der Waals surface area (Å²) in [5.74, 6) is 1.40. The van der Waals surface area contributed by atoms with E-state index in [9.17, 15) is 4.79 Å². The van der Waals surface area contributed by atoms with Crippen LogP contribution in [0.2, 0.25) is 0 Å². The van der Waals surface area contributed by atoms with Gasteiger partial charge < -0.3 is 14.7 Å². The summed E-state index contributed by atoms with van der Waals surface area (Å²) in [5, 5.41) is 24.0. The van der Waals surface area contributed by atoms with Gasteiger partial charge in [-0.05, 0) is 43.7 Å². The van der Waals surface area contributed by atoms with Crippen molar-refractivity contribution in [2.75, 3.05) is 18.0 Å². The molecule has 0 radical (unpaired) electrons. The second-order valence-electron chi connectivity index (χ2n) is 7.34. The molecule has 1 saturated heterocycles. The van der Waals surface area contributed by atoms with Gasteiger partial charge in [0.05, 0.1) is 5.69 Å². The Labute approximate surface area is 157 Å². The fourth-order valence-corrected chi connectivity index (χ4v) is 3.93. The average Bonchev–Trinajstić information content (AvgIpc) is 3.29. The highest BCUT2D eigenvalue weighted by atomic mass is 16.5. The SMILES string of the molecule is N#Cc1ccc(N2CCC(C3(NC(=O)CCc4ccon4)CC3)CC2)nn1. The van der Waals surface area contributed by atoms with Crippen LogP contribution in [0.5, 0.6) is 0 Å². The summed E-state index contributed by atoms with van der Waals surface area (Å²) in [6.45, 7) is 1.78. The normalized spacial score (nSPS) is 18.7. The summed E-state index contributed by atoms with van der Waals surface area (Å²) in [6.07, 6.45) is 6.73. The highest BCUT2D eigenvalue weighted by molar-refractivity contribution is 5.77. The molecule has 8 nitrogen and oxygen atoms in total. The van der Waals surface area contributed by atoms with Gasteiger partial charge in [0.25, 0.3) is 0 Å². The van der Waals surface area contributed by atoms with Crippen molar-refractivity contribution in [3.05, 3.63) is 35.9 Å². The van der Waals surface area contributed by atoms with Crippen molar-refractivity contribution in [3.63, 3.8) is 0 Å². The fourth-order valence-electron chi connectivity index (χ4n) is 3.93. The molecule has 0 aromatic carbocycles. The molecule has 0 atom stereocenters. The van der Waals surface area contributed by atoms with Gasteiger partial charge >= 0.3 is 0 Å². The Kier molecular flexibility index (Phi) is 4.75. The minimum absolute atomic E-state index is 0.0245. The van der Waals surface area contributed by atoms with Crippen LogP contribution in [0.1, 0.15) is 43.5 Å². The number of carbonyl (C=O) groups is 1. The monoisotopic (exact) mass is 366 g/mol. The maximum Gasteiger partial charge on any atom is 0.220 e. The third-order valence-corrected chi connectivity index (χ3v) is 5.64. The van der Waals surface area contributed by atoms with E-state index in [1.165, 1.54) is 6.26 Å². The lowest BCUT2D eigenvalue weighted by Gasteiger charge is -2.37. The van der Waals surface area contributed by atoms with E-state index in [1.807, 2.05) is 12.1 Å². The molecular formula is C19H22N6O2. The third kappa shape index (κ3) is 3.92. The van der Waals surface area contributed by atoms with Crippen LogP contribution in [0, 0.1) is 17.2 Å². The number of hydrogen-bond donors (Lipinski definition) is 1. The molecule has 1 N–H and O–H groups in total. The molecule has 0 spiro atoms. The minimum Gasteiger partial charge on any atom is -0.365 e. The first-order valence-electron chi connectivity index (χ1n) is 9.37. The van der Waals surface area contributed by atoms with Crippen LogP contribution in [0.25, 0.3) is 0 Å². The van der Waals surface area contributed by atoms with Crippen molar-refractivity contribution in [1.29, 1.82) is 5.26 Å². The Morgan fingerprint density at radius 2 is 2.11 bits per heavy atom. The van der Waals surface area contributed by atoms with E-state index in [0.29, 0.717) is 24.5 Å². The fraction of sp³-hybridized carbons (Fsp3) is 0.526. The predicted molar refractivity (Wildman–Crippen MR) is 96.6 cm³/mol. The zero-order valence-electron chi connectivity index (χ0n) is 15.1. The summed E-state index contributed by atoms with van der Waals surface area (Å²) in [6, 6.07) is 7.33. The van der Waals surface area contributed by atoms with Crippen LogP contribution in [0.3, 0.4) is 0 Å². The van der Waals surface area contributed by atoms with Gasteiger partial charge in [0.15, 0.2) is 11.5 Å². The first-order chi connectivity index (χ1) is 13.2. The van der Waals surface area contributed by atoms with Crippen molar-refractivity contribution in [1.82, 2.24) is 20.7 Å². The van der Waals surface area contributed by atoms with E-state index < -0.39 is 0 Å². The Hall–Kier alpha value is -2.95. The molecule has 2 aromatic rings. The molecule has 1 aliphatic carbocycles. The highest BCUT2D eigenvalue weighted by Crippen LogP contribution is 2.47. The van der Waals surface area contributed by atoms with Gasteiger partial charge in [-0.15, -0.1) is 10.2 Å². The van der Waals surface area contributed by atoms with E-state index in [-0.39, 0.29) is 11.4 Å². The lowest BCUT2D eigenvalue weighted by molar-refractivity contribution is -0.122. The number of amides is 1. The Morgan fingerprint density at radius 3 is 2.70 bits per heavy atom. The first kappa shape index (κ1) is 17.5. The minimum atomic E-state index is -0.0245. The number of nitrogens with one attached hydrogen (secondary N) is 1. The number of nitrogens with zero attached hydrogens (tertiary/aromatic N) is 5. The van der Waals surface area contributed by atoms with Gasteiger partial charge in [-0.1, -0.05) is 5.16 Å². The molecule has 2 aliphatic rings. The second-order valence-corrected chi connectivity index (χ2v) is 7.34. The van der Waals surface area contributed by atoms with E-state index >= 15 is 0 Å². The van der Waals surface area contributed by atoms with Gasteiger partial charge in [0.1, 0.15) is 12.3 Å². The Morgan fingerprint density at radius 1 is 1.30 bits per heavy atom. The Bertz CT molecular complexity index is 815. The standard InChI is InChI=1S/C19H22N6O2/c20-13-16-1-3-17(23-22-16)25-10-5-14(6-11-25)19(8-9-19)21-18(26)4-2-15-7-12-27-24-15/h1,3,7,12,14H,2,4-6,8-11H2,(H,21,26). The maximum absolute atomic E-state index is 12.4. The number of rotatable bonds is 6. The number of carbonyl (C=O) groups excluding carboxylic acids is 1.